The van der Waals surface area contributed by atoms with Gasteiger partial charge in [0.1, 0.15) is 5.69 Å². The molecule has 2 aromatic heterocycles. The summed E-state index contributed by atoms with van der Waals surface area (Å²) in [7, 11) is 3.97. The lowest BCUT2D eigenvalue weighted by atomic mass is 10.1. The third kappa shape index (κ3) is 4.29. The van der Waals surface area contributed by atoms with E-state index in [0.717, 1.165) is 33.9 Å². The van der Waals surface area contributed by atoms with Gasteiger partial charge in [0.2, 0.25) is 0 Å². The lowest BCUT2D eigenvalue weighted by Gasteiger charge is -2.11. The maximum absolute atomic E-state index is 12.5. The van der Waals surface area contributed by atoms with E-state index in [-0.39, 0.29) is 5.91 Å². The largest absolute Gasteiger partial charge is 0.378 e. The zero-order valence-electron chi connectivity index (χ0n) is 18.5. The van der Waals surface area contributed by atoms with Crippen molar-refractivity contribution in [2.45, 2.75) is 13.8 Å². The number of hydrogen-bond donors (Lipinski definition) is 2. The van der Waals surface area contributed by atoms with Crippen LogP contribution in [0.4, 0.5) is 5.69 Å². The van der Waals surface area contributed by atoms with Crippen LogP contribution in [0.25, 0.3) is 16.9 Å². The van der Waals surface area contributed by atoms with Crippen molar-refractivity contribution in [3.8, 4) is 16.9 Å². The predicted molar refractivity (Wildman–Crippen MR) is 126 cm³/mol. The number of carbonyl (C=O) groups is 1. The van der Waals surface area contributed by atoms with Crippen molar-refractivity contribution in [3.63, 3.8) is 0 Å². The summed E-state index contributed by atoms with van der Waals surface area (Å²) in [5.41, 5.74) is 9.17. The number of aromatic nitrogens is 4. The number of H-pyrrole nitrogens is 1. The molecular formula is C24H25N7O. The monoisotopic (exact) mass is 427 g/mol. The Kier molecular flexibility index (Phi) is 5.85. The lowest BCUT2D eigenvalue weighted by Crippen LogP contribution is -2.18. The zero-order valence-corrected chi connectivity index (χ0v) is 18.5. The first-order valence-corrected chi connectivity index (χ1v) is 10.2. The Bertz CT molecular complexity index is 1250. The Labute approximate surface area is 186 Å². The molecule has 0 saturated carbocycles. The molecule has 0 saturated heterocycles. The smallest absolute Gasteiger partial charge is 0.289 e. The number of nitrogens with zero attached hydrogens (tertiary/aromatic N) is 5. The molecule has 4 aromatic rings. The molecule has 0 aliphatic rings. The maximum Gasteiger partial charge on any atom is 0.289 e. The molecule has 32 heavy (non-hydrogen) atoms. The fraction of sp³-hybridized carbons (Fsp3) is 0.167. The molecule has 0 aliphatic heterocycles. The highest BCUT2D eigenvalue weighted by Gasteiger charge is 2.18. The number of aryl methyl sites for hydroxylation is 1. The molecule has 162 valence electrons. The summed E-state index contributed by atoms with van der Waals surface area (Å²) in [5.74, 6) is -0.365. The summed E-state index contributed by atoms with van der Waals surface area (Å²) in [4.78, 5) is 14.5. The Morgan fingerprint density at radius 2 is 1.81 bits per heavy atom. The third-order valence-corrected chi connectivity index (χ3v) is 5.16. The van der Waals surface area contributed by atoms with Crippen LogP contribution in [-0.4, -0.2) is 46.2 Å². The van der Waals surface area contributed by atoms with Crippen molar-refractivity contribution in [2.24, 2.45) is 5.10 Å². The van der Waals surface area contributed by atoms with Crippen molar-refractivity contribution in [2.75, 3.05) is 19.0 Å². The number of carbonyl (C=O) groups excluding carboxylic acids is 1. The molecule has 2 aromatic carbocycles. The van der Waals surface area contributed by atoms with E-state index in [1.807, 2.05) is 92.1 Å². The quantitative estimate of drug-likeness (QED) is 0.363. The molecule has 0 aliphatic carbocycles. The van der Waals surface area contributed by atoms with Gasteiger partial charge < -0.3 is 4.90 Å². The highest BCUT2D eigenvalue weighted by Crippen LogP contribution is 2.27. The number of nitrogens with one attached hydrogen (secondary N) is 2. The van der Waals surface area contributed by atoms with E-state index in [4.69, 9.17) is 0 Å². The summed E-state index contributed by atoms with van der Waals surface area (Å²) < 4.78 is 1.88. The minimum atomic E-state index is -0.365. The van der Waals surface area contributed by atoms with Crippen LogP contribution < -0.4 is 10.3 Å². The van der Waals surface area contributed by atoms with Crippen LogP contribution in [0.5, 0.6) is 0 Å². The average Bonchev–Trinajstić information content (AvgIpc) is 3.39. The molecule has 0 fully saturated rings. The molecule has 0 atom stereocenters. The van der Waals surface area contributed by atoms with Gasteiger partial charge >= 0.3 is 0 Å². The Morgan fingerprint density at radius 1 is 1.09 bits per heavy atom. The first kappa shape index (κ1) is 21.0. The van der Waals surface area contributed by atoms with Gasteiger partial charge in [-0.25, -0.2) is 10.1 Å². The van der Waals surface area contributed by atoms with Crippen molar-refractivity contribution in [1.82, 2.24) is 25.4 Å². The van der Waals surface area contributed by atoms with Crippen LogP contribution in [-0.2, 0) is 0 Å². The van der Waals surface area contributed by atoms with E-state index in [2.05, 4.69) is 25.8 Å². The summed E-state index contributed by atoms with van der Waals surface area (Å²) in [6.07, 6.45) is 1.60. The van der Waals surface area contributed by atoms with Gasteiger partial charge in [-0.05, 0) is 49.7 Å². The Hall–Kier alpha value is -4.20. The molecule has 0 bridgehead atoms. The van der Waals surface area contributed by atoms with Gasteiger partial charge in [0, 0.05) is 25.3 Å². The number of amides is 1. The fourth-order valence-electron chi connectivity index (χ4n) is 3.48. The van der Waals surface area contributed by atoms with Crippen LogP contribution in [0.15, 0.2) is 65.8 Å². The topological polar surface area (TPSA) is 91.2 Å². The molecule has 4 rings (SSSR count). The van der Waals surface area contributed by atoms with Gasteiger partial charge in [0.15, 0.2) is 0 Å². The van der Waals surface area contributed by atoms with Crippen molar-refractivity contribution in [1.29, 1.82) is 0 Å². The number of para-hydroxylation sites is 1. The van der Waals surface area contributed by atoms with Gasteiger partial charge in [-0.15, -0.1) is 0 Å². The van der Waals surface area contributed by atoms with Gasteiger partial charge in [-0.2, -0.15) is 15.3 Å². The van der Waals surface area contributed by atoms with Gasteiger partial charge in [-0.3, -0.25) is 9.89 Å². The van der Waals surface area contributed by atoms with E-state index in [1.165, 1.54) is 0 Å². The van der Waals surface area contributed by atoms with E-state index >= 15 is 0 Å². The highest BCUT2D eigenvalue weighted by atomic mass is 16.2. The first-order chi connectivity index (χ1) is 15.4. The van der Waals surface area contributed by atoms with E-state index < -0.39 is 0 Å². The summed E-state index contributed by atoms with van der Waals surface area (Å²) in [6.45, 7) is 3.92. The molecule has 2 N–H and O–H groups in total. The molecule has 0 spiro atoms. The Morgan fingerprint density at radius 3 is 2.50 bits per heavy atom. The number of aromatic amines is 1. The number of hydrogen-bond acceptors (Lipinski definition) is 5. The Balaban J connectivity index is 1.48. The van der Waals surface area contributed by atoms with Crippen molar-refractivity contribution in [3.05, 3.63) is 83.3 Å². The van der Waals surface area contributed by atoms with E-state index in [9.17, 15) is 4.79 Å². The van der Waals surface area contributed by atoms with E-state index in [0.29, 0.717) is 11.4 Å². The summed E-state index contributed by atoms with van der Waals surface area (Å²) in [6, 6.07) is 19.5. The molecule has 2 heterocycles. The fourth-order valence-corrected chi connectivity index (χ4v) is 3.48. The van der Waals surface area contributed by atoms with Crippen molar-refractivity contribution < 1.29 is 4.79 Å². The number of benzene rings is 2. The molecular weight excluding hydrogens is 402 g/mol. The second-order valence-electron chi connectivity index (χ2n) is 7.65. The number of anilines is 1. The van der Waals surface area contributed by atoms with Gasteiger partial charge in [0.25, 0.3) is 5.91 Å². The zero-order chi connectivity index (χ0) is 22.7. The van der Waals surface area contributed by atoms with Crippen molar-refractivity contribution >= 4 is 17.8 Å². The second kappa shape index (κ2) is 8.89. The lowest BCUT2D eigenvalue weighted by molar-refractivity contribution is 0.0950. The molecule has 0 radical (unpaired) electrons. The summed E-state index contributed by atoms with van der Waals surface area (Å²) >= 11 is 0. The predicted octanol–water partition coefficient (Wildman–Crippen LogP) is 3.71. The maximum atomic E-state index is 12.5. The number of rotatable bonds is 6. The minimum absolute atomic E-state index is 0.325. The van der Waals surface area contributed by atoms with Crippen LogP contribution in [0.3, 0.4) is 0 Å². The van der Waals surface area contributed by atoms with Crippen LogP contribution in [0, 0.1) is 13.8 Å². The van der Waals surface area contributed by atoms with Crippen LogP contribution in [0.1, 0.15) is 27.4 Å². The third-order valence-electron chi connectivity index (χ3n) is 5.16. The highest BCUT2D eigenvalue weighted by molar-refractivity contribution is 5.94. The average molecular weight is 428 g/mol. The van der Waals surface area contributed by atoms with Gasteiger partial charge in [-0.1, -0.05) is 30.3 Å². The molecule has 1 amide bonds. The van der Waals surface area contributed by atoms with E-state index in [1.54, 1.807) is 12.3 Å². The first-order valence-electron chi connectivity index (χ1n) is 10.2. The van der Waals surface area contributed by atoms with Crippen LogP contribution in [0.2, 0.25) is 0 Å². The molecule has 0 unspecified atom stereocenters. The summed E-state index contributed by atoms with van der Waals surface area (Å²) in [5, 5.41) is 15.8. The normalized spacial score (nSPS) is 11.1. The SMILES string of the molecule is Cc1nn(-c2ccccc2)c(C)c1-c1cc(C(=O)NN=Cc2ccc(N(C)C)cc2)[nH]n1. The minimum Gasteiger partial charge on any atom is -0.378 e. The molecule has 8 nitrogen and oxygen atoms in total. The number of hydrazone groups is 1. The van der Waals surface area contributed by atoms with Crippen LogP contribution >= 0.6 is 0 Å². The second-order valence-corrected chi connectivity index (χ2v) is 7.65. The standard InChI is InChI=1S/C24H25N7O/c1-16-23(17(2)31(29-16)20-8-6-5-7-9-20)21-14-22(27-26-21)24(32)28-25-15-18-10-12-19(13-11-18)30(3)4/h5-15H,1-4H3,(H,26,27)(H,28,32). The van der Waals surface area contributed by atoms with Gasteiger partial charge in [0.05, 0.1) is 29.0 Å². The molecule has 8 heteroatoms.